The third kappa shape index (κ3) is 2.57. The van der Waals surface area contributed by atoms with Gasteiger partial charge in [-0.25, -0.2) is 19.9 Å². The zero-order valence-corrected chi connectivity index (χ0v) is 12.2. The van der Waals surface area contributed by atoms with Crippen molar-refractivity contribution in [2.75, 3.05) is 0 Å². The minimum absolute atomic E-state index is 0.282. The van der Waals surface area contributed by atoms with Crippen molar-refractivity contribution in [3.8, 4) is 28.9 Å². The third-order valence-electron chi connectivity index (χ3n) is 3.18. The van der Waals surface area contributed by atoms with Crippen LogP contribution in [0.1, 0.15) is 5.69 Å². The minimum atomic E-state index is 0.282. The van der Waals surface area contributed by atoms with Crippen LogP contribution >= 0.6 is 0 Å². The molecular formula is C15H11N7O. The van der Waals surface area contributed by atoms with Crippen molar-refractivity contribution in [3.05, 3.63) is 55.0 Å². The smallest absolute Gasteiger partial charge is 0.296 e. The lowest BCUT2D eigenvalue weighted by Crippen LogP contribution is -1.95. The zero-order valence-electron chi connectivity index (χ0n) is 12.2. The average Bonchev–Trinajstić information content (AvgIpc) is 3.27. The van der Waals surface area contributed by atoms with Gasteiger partial charge < -0.3 is 4.52 Å². The molecule has 0 atom stereocenters. The van der Waals surface area contributed by atoms with Gasteiger partial charge in [0.25, 0.3) is 5.89 Å². The van der Waals surface area contributed by atoms with Crippen molar-refractivity contribution in [2.24, 2.45) is 0 Å². The van der Waals surface area contributed by atoms with Crippen LogP contribution in [0.5, 0.6) is 0 Å². The maximum absolute atomic E-state index is 5.27. The highest BCUT2D eigenvalue weighted by atomic mass is 16.5. The number of hydrogen-bond acceptors (Lipinski definition) is 7. The maximum atomic E-state index is 5.27. The summed E-state index contributed by atoms with van der Waals surface area (Å²) in [6, 6.07) is 5.47. The van der Waals surface area contributed by atoms with Crippen molar-refractivity contribution >= 4 is 0 Å². The number of pyridine rings is 1. The molecule has 0 saturated carbocycles. The predicted octanol–water partition coefficient (Wildman–Crippen LogP) is 2.08. The van der Waals surface area contributed by atoms with Crippen LogP contribution in [0.25, 0.3) is 28.9 Å². The lowest BCUT2D eigenvalue weighted by atomic mass is 10.2. The van der Waals surface area contributed by atoms with Gasteiger partial charge in [0, 0.05) is 36.0 Å². The Morgan fingerprint density at radius 3 is 2.74 bits per heavy atom. The lowest BCUT2D eigenvalue weighted by molar-refractivity contribution is 0.429. The Balaban J connectivity index is 1.71. The van der Waals surface area contributed by atoms with Crippen molar-refractivity contribution in [3.63, 3.8) is 0 Å². The summed E-state index contributed by atoms with van der Waals surface area (Å²) in [6.45, 7) is 1.88. The molecule has 8 nitrogen and oxygen atoms in total. The van der Waals surface area contributed by atoms with Gasteiger partial charge in [0.1, 0.15) is 12.1 Å². The highest BCUT2D eigenvalue weighted by Crippen LogP contribution is 2.21. The summed E-state index contributed by atoms with van der Waals surface area (Å²) in [4.78, 5) is 21.1. The minimum Gasteiger partial charge on any atom is -0.330 e. The second-order valence-corrected chi connectivity index (χ2v) is 4.82. The van der Waals surface area contributed by atoms with E-state index >= 15 is 0 Å². The van der Waals surface area contributed by atoms with Crippen LogP contribution < -0.4 is 0 Å². The number of aromatic nitrogens is 7. The molecule has 4 aromatic rings. The molecule has 0 amide bonds. The molecule has 4 rings (SSSR count). The number of imidazole rings is 1. The van der Waals surface area contributed by atoms with Gasteiger partial charge in [-0.3, -0.25) is 4.57 Å². The van der Waals surface area contributed by atoms with Gasteiger partial charge in [-0.05, 0) is 25.1 Å². The van der Waals surface area contributed by atoms with Gasteiger partial charge in [0.2, 0.25) is 11.6 Å². The second kappa shape index (κ2) is 5.41. The molecule has 0 aliphatic carbocycles. The number of nitrogens with zero attached hydrogens (tertiary/aromatic N) is 7. The zero-order chi connectivity index (χ0) is 15.6. The first kappa shape index (κ1) is 13.3. The standard InChI is InChI=1S/C15H11N7O/c1-10-2-4-18-14(19-10)15-20-13(21-23-15)11-3-5-17-12(8-11)22-7-6-16-9-22/h2-9H,1H3. The highest BCUT2D eigenvalue weighted by Gasteiger charge is 2.13. The molecule has 4 heterocycles. The Morgan fingerprint density at radius 2 is 1.91 bits per heavy atom. The van der Waals surface area contributed by atoms with Gasteiger partial charge >= 0.3 is 0 Å². The summed E-state index contributed by atoms with van der Waals surface area (Å²) in [7, 11) is 0. The van der Waals surface area contributed by atoms with Crippen LogP contribution in [0.15, 0.2) is 53.8 Å². The summed E-state index contributed by atoms with van der Waals surface area (Å²) in [5.74, 6) is 1.87. The van der Waals surface area contributed by atoms with Gasteiger partial charge in [-0.15, -0.1) is 0 Å². The normalized spacial score (nSPS) is 10.8. The largest absolute Gasteiger partial charge is 0.330 e. The molecule has 0 bridgehead atoms. The lowest BCUT2D eigenvalue weighted by Gasteiger charge is -2.01. The first-order valence-corrected chi connectivity index (χ1v) is 6.88. The van der Waals surface area contributed by atoms with Gasteiger partial charge in [0.15, 0.2) is 0 Å². The summed E-state index contributed by atoms with van der Waals surface area (Å²) < 4.78 is 7.06. The summed E-state index contributed by atoms with van der Waals surface area (Å²) >= 11 is 0. The van der Waals surface area contributed by atoms with E-state index < -0.39 is 0 Å². The Labute approximate surface area is 130 Å². The second-order valence-electron chi connectivity index (χ2n) is 4.82. The Morgan fingerprint density at radius 1 is 1.00 bits per heavy atom. The SMILES string of the molecule is Cc1ccnc(-c2nc(-c3ccnc(-n4ccnc4)c3)no2)n1. The fourth-order valence-corrected chi connectivity index (χ4v) is 2.08. The van der Waals surface area contributed by atoms with E-state index in [0.717, 1.165) is 17.1 Å². The van der Waals surface area contributed by atoms with E-state index in [1.165, 1.54) is 0 Å². The van der Waals surface area contributed by atoms with Crippen LogP contribution in [0.4, 0.5) is 0 Å². The number of hydrogen-bond donors (Lipinski definition) is 0. The van der Waals surface area contributed by atoms with E-state index in [0.29, 0.717) is 11.6 Å². The van der Waals surface area contributed by atoms with Crippen molar-refractivity contribution in [1.29, 1.82) is 0 Å². The molecule has 23 heavy (non-hydrogen) atoms. The molecule has 0 aliphatic heterocycles. The van der Waals surface area contributed by atoms with E-state index in [1.54, 1.807) is 35.6 Å². The van der Waals surface area contributed by atoms with Crippen LogP contribution in [-0.2, 0) is 0 Å². The highest BCUT2D eigenvalue weighted by molar-refractivity contribution is 5.58. The van der Waals surface area contributed by atoms with E-state index in [4.69, 9.17) is 4.52 Å². The topological polar surface area (TPSA) is 95.4 Å². The Bertz CT molecular complexity index is 946. The first-order chi connectivity index (χ1) is 11.3. The maximum Gasteiger partial charge on any atom is 0.296 e. The summed E-state index contributed by atoms with van der Waals surface area (Å²) in [6.07, 6.45) is 8.52. The monoisotopic (exact) mass is 305 g/mol. The summed E-state index contributed by atoms with van der Waals surface area (Å²) in [5, 5.41) is 4.00. The molecule has 0 N–H and O–H groups in total. The van der Waals surface area contributed by atoms with E-state index in [9.17, 15) is 0 Å². The van der Waals surface area contributed by atoms with Gasteiger partial charge in [-0.1, -0.05) is 5.16 Å². The molecule has 0 aromatic carbocycles. The number of aryl methyl sites for hydroxylation is 1. The van der Waals surface area contributed by atoms with Gasteiger partial charge in [-0.2, -0.15) is 4.98 Å². The fraction of sp³-hybridized carbons (Fsp3) is 0.0667. The van der Waals surface area contributed by atoms with E-state index in [2.05, 4.69) is 30.1 Å². The Kier molecular flexibility index (Phi) is 3.12. The Hall–Kier alpha value is -3.42. The average molecular weight is 305 g/mol. The van der Waals surface area contributed by atoms with E-state index in [1.807, 2.05) is 25.3 Å². The predicted molar refractivity (Wildman–Crippen MR) is 80.4 cm³/mol. The molecule has 0 unspecified atom stereocenters. The molecule has 112 valence electrons. The molecule has 0 spiro atoms. The molecule has 0 radical (unpaired) electrons. The summed E-state index contributed by atoms with van der Waals surface area (Å²) in [5.41, 5.74) is 1.62. The van der Waals surface area contributed by atoms with Gasteiger partial charge in [0.05, 0.1) is 0 Å². The molecule has 0 fully saturated rings. The van der Waals surface area contributed by atoms with Crippen molar-refractivity contribution in [1.82, 2.24) is 34.6 Å². The molecule has 8 heteroatoms. The van der Waals surface area contributed by atoms with Crippen molar-refractivity contribution < 1.29 is 4.52 Å². The van der Waals surface area contributed by atoms with E-state index in [-0.39, 0.29) is 5.89 Å². The fourth-order valence-electron chi connectivity index (χ4n) is 2.08. The molecular weight excluding hydrogens is 294 g/mol. The van der Waals surface area contributed by atoms with Crippen LogP contribution in [-0.4, -0.2) is 34.6 Å². The third-order valence-corrected chi connectivity index (χ3v) is 3.18. The van der Waals surface area contributed by atoms with Crippen LogP contribution in [0.3, 0.4) is 0 Å². The molecule has 4 aromatic heterocycles. The van der Waals surface area contributed by atoms with Crippen LogP contribution in [0, 0.1) is 6.92 Å². The molecule has 0 aliphatic rings. The number of rotatable bonds is 3. The van der Waals surface area contributed by atoms with Crippen molar-refractivity contribution in [2.45, 2.75) is 6.92 Å². The molecule has 0 saturated heterocycles. The first-order valence-electron chi connectivity index (χ1n) is 6.88. The quantitative estimate of drug-likeness (QED) is 0.571. The van der Waals surface area contributed by atoms with Crippen LogP contribution in [0.2, 0.25) is 0 Å².